The molecular formula is C21H18ClN3O5S. The number of hydrogen-bond donors (Lipinski definition) is 1. The lowest BCUT2D eigenvalue weighted by atomic mass is 10.2. The largest absolute Gasteiger partial charge is 0.461 e. The molecule has 0 radical (unpaired) electrons. The minimum absolute atomic E-state index is 0.0976. The van der Waals surface area contributed by atoms with Crippen molar-refractivity contribution >= 4 is 41.1 Å². The molecule has 0 bridgehead atoms. The van der Waals surface area contributed by atoms with Crippen molar-refractivity contribution in [3.63, 3.8) is 0 Å². The first-order valence-corrected chi connectivity index (χ1v) is 10.9. The topological polar surface area (TPSA) is 91.7 Å². The van der Waals surface area contributed by atoms with Crippen molar-refractivity contribution < 1.29 is 23.8 Å². The standard InChI is InChI=1S/C21H18ClN3O5S/c1-3-28-20(27)17-18(23-19(26)12-4-6-13(22)7-5-12)24-21(31-2)25(17)14-8-9-15-16(10-14)30-11-29-15/h4-10H,3,11H2,1-2H3,(H,23,26). The van der Waals surface area contributed by atoms with Crippen LogP contribution >= 0.6 is 23.4 Å². The van der Waals surface area contributed by atoms with Gasteiger partial charge in [0, 0.05) is 16.7 Å². The third kappa shape index (κ3) is 4.19. The molecular weight excluding hydrogens is 442 g/mol. The van der Waals surface area contributed by atoms with E-state index in [0.29, 0.717) is 32.9 Å². The van der Waals surface area contributed by atoms with Crippen LogP contribution in [0.4, 0.5) is 5.82 Å². The smallest absolute Gasteiger partial charge is 0.359 e. The lowest BCUT2D eigenvalue weighted by molar-refractivity contribution is 0.0517. The predicted octanol–water partition coefficient (Wildman–Crippen LogP) is 4.41. The van der Waals surface area contributed by atoms with Crippen molar-refractivity contribution in [2.24, 2.45) is 0 Å². The second-order valence-corrected chi connectivity index (χ2v) is 7.56. The maximum Gasteiger partial charge on any atom is 0.359 e. The Morgan fingerprint density at radius 2 is 1.94 bits per heavy atom. The van der Waals surface area contributed by atoms with E-state index in [4.69, 9.17) is 25.8 Å². The highest BCUT2D eigenvalue weighted by Crippen LogP contribution is 2.36. The third-order valence-corrected chi connectivity index (χ3v) is 5.34. The molecule has 3 aromatic rings. The van der Waals surface area contributed by atoms with Gasteiger partial charge in [-0.1, -0.05) is 23.4 Å². The molecule has 31 heavy (non-hydrogen) atoms. The molecule has 0 saturated carbocycles. The van der Waals surface area contributed by atoms with Crippen molar-refractivity contribution in [1.82, 2.24) is 9.55 Å². The van der Waals surface area contributed by atoms with Crippen LogP contribution in [0, 0.1) is 0 Å². The summed E-state index contributed by atoms with van der Waals surface area (Å²) >= 11 is 7.22. The third-order valence-electron chi connectivity index (χ3n) is 4.45. The van der Waals surface area contributed by atoms with Gasteiger partial charge in [-0.3, -0.25) is 9.36 Å². The summed E-state index contributed by atoms with van der Waals surface area (Å²) in [7, 11) is 0. The number of fused-ring (bicyclic) bond motifs is 1. The summed E-state index contributed by atoms with van der Waals surface area (Å²) < 4.78 is 17.7. The molecule has 0 aliphatic carbocycles. The van der Waals surface area contributed by atoms with Crippen LogP contribution in [0.1, 0.15) is 27.8 Å². The van der Waals surface area contributed by atoms with Gasteiger partial charge < -0.3 is 19.5 Å². The second-order valence-electron chi connectivity index (χ2n) is 6.35. The summed E-state index contributed by atoms with van der Waals surface area (Å²) in [4.78, 5) is 30.1. The number of carbonyl (C=O) groups excluding carboxylic acids is 2. The van der Waals surface area contributed by atoms with Gasteiger partial charge in [-0.15, -0.1) is 0 Å². The first-order valence-electron chi connectivity index (χ1n) is 9.32. The molecule has 0 fully saturated rings. The molecule has 4 rings (SSSR count). The number of nitrogens with one attached hydrogen (secondary N) is 1. The van der Waals surface area contributed by atoms with Crippen molar-refractivity contribution in [1.29, 1.82) is 0 Å². The number of benzene rings is 2. The van der Waals surface area contributed by atoms with Crippen LogP contribution in [0.5, 0.6) is 11.5 Å². The van der Waals surface area contributed by atoms with Crippen LogP contribution < -0.4 is 14.8 Å². The molecule has 0 atom stereocenters. The number of nitrogens with zero attached hydrogens (tertiary/aromatic N) is 2. The number of amides is 1. The number of halogens is 1. The number of esters is 1. The Bertz CT molecular complexity index is 1150. The SMILES string of the molecule is CCOC(=O)c1c(NC(=O)c2ccc(Cl)cc2)nc(SC)n1-c1ccc2c(c1)OCO2. The molecule has 10 heteroatoms. The maximum atomic E-state index is 12.9. The predicted molar refractivity (Wildman–Crippen MR) is 117 cm³/mol. The monoisotopic (exact) mass is 459 g/mol. The highest BCUT2D eigenvalue weighted by Gasteiger charge is 2.27. The molecule has 0 unspecified atom stereocenters. The number of imidazole rings is 1. The number of aromatic nitrogens is 2. The first kappa shape index (κ1) is 21.1. The van der Waals surface area contributed by atoms with E-state index in [1.165, 1.54) is 11.8 Å². The van der Waals surface area contributed by atoms with Crippen LogP contribution in [-0.4, -0.2) is 41.1 Å². The average Bonchev–Trinajstić information content (AvgIpc) is 3.38. The zero-order valence-electron chi connectivity index (χ0n) is 16.7. The van der Waals surface area contributed by atoms with Crippen molar-refractivity contribution in [2.75, 3.05) is 25.0 Å². The highest BCUT2D eigenvalue weighted by molar-refractivity contribution is 7.98. The molecule has 1 N–H and O–H groups in total. The Morgan fingerprint density at radius 1 is 1.19 bits per heavy atom. The number of anilines is 1. The quantitative estimate of drug-likeness (QED) is 0.431. The fraction of sp³-hybridized carbons (Fsp3) is 0.190. The van der Waals surface area contributed by atoms with Gasteiger partial charge in [-0.05, 0) is 49.6 Å². The molecule has 1 aromatic heterocycles. The van der Waals surface area contributed by atoms with E-state index >= 15 is 0 Å². The second kappa shape index (κ2) is 8.91. The first-order chi connectivity index (χ1) is 15.0. The molecule has 1 aliphatic rings. The average molecular weight is 460 g/mol. The van der Waals surface area contributed by atoms with Crippen LogP contribution in [-0.2, 0) is 4.74 Å². The van der Waals surface area contributed by atoms with Crippen LogP contribution in [0.15, 0.2) is 47.6 Å². The van der Waals surface area contributed by atoms with Gasteiger partial charge in [0.15, 0.2) is 28.2 Å². The Morgan fingerprint density at radius 3 is 2.65 bits per heavy atom. The maximum absolute atomic E-state index is 12.9. The Labute approximate surface area is 187 Å². The van der Waals surface area contributed by atoms with Crippen LogP contribution in [0.3, 0.4) is 0 Å². The van der Waals surface area contributed by atoms with E-state index in [2.05, 4.69) is 10.3 Å². The molecule has 0 saturated heterocycles. The Kier molecular flexibility index (Phi) is 6.06. The minimum Gasteiger partial charge on any atom is -0.461 e. The summed E-state index contributed by atoms with van der Waals surface area (Å²) in [5.74, 6) is 0.230. The summed E-state index contributed by atoms with van der Waals surface area (Å²) in [5, 5.41) is 3.73. The summed E-state index contributed by atoms with van der Waals surface area (Å²) in [6.45, 7) is 2.01. The van der Waals surface area contributed by atoms with E-state index in [9.17, 15) is 9.59 Å². The van der Waals surface area contributed by atoms with Crippen LogP contribution in [0.25, 0.3) is 5.69 Å². The zero-order chi connectivity index (χ0) is 22.0. The van der Waals surface area contributed by atoms with Gasteiger partial charge in [0.25, 0.3) is 5.91 Å². The molecule has 2 aromatic carbocycles. The van der Waals surface area contributed by atoms with Crippen molar-refractivity contribution in [3.05, 3.63) is 58.7 Å². The highest BCUT2D eigenvalue weighted by atomic mass is 35.5. The summed E-state index contributed by atoms with van der Waals surface area (Å²) in [5.41, 5.74) is 1.10. The number of hydrogen-bond acceptors (Lipinski definition) is 7. The van der Waals surface area contributed by atoms with E-state index in [1.54, 1.807) is 54.0 Å². The van der Waals surface area contributed by atoms with E-state index in [-0.39, 0.29) is 24.9 Å². The number of rotatable bonds is 6. The molecule has 1 amide bonds. The van der Waals surface area contributed by atoms with Gasteiger partial charge in [0.2, 0.25) is 6.79 Å². The number of carbonyl (C=O) groups is 2. The number of ether oxygens (including phenoxy) is 3. The van der Waals surface area contributed by atoms with Gasteiger partial charge in [0.05, 0.1) is 12.3 Å². The molecule has 2 heterocycles. The normalized spacial score (nSPS) is 12.0. The lowest BCUT2D eigenvalue weighted by Gasteiger charge is -2.12. The molecule has 160 valence electrons. The van der Waals surface area contributed by atoms with E-state index < -0.39 is 11.9 Å². The van der Waals surface area contributed by atoms with Crippen molar-refractivity contribution in [3.8, 4) is 17.2 Å². The molecule has 0 spiro atoms. The van der Waals surface area contributed by atoms with Crippen molar-refractivity contribution in [2.45, 2.75) is 12.1 Å². The van der Waals surface area contributed by atoms with Gasteiger partial charge in [0.1, 0.15) is 0 Å². The Hall–Kier alpha value is -3.17. The van der Waals surface area contributed by atoms with E-state index in [1.807, 2.05) is 6.26 Å². The zero-order valence-corrected chi connectivity index (χ0v) is 18.2. The minimum atomic E-state index is -0.612. The molecule has 8 nitrogen and oxygen atoms in total. The van der Waals surface area contributed by atoms with Crippen LogP contribution in [0.2, 0.25) is 5.02 Å². The van der Waals surface area contributed by atoms with Gasteiger partial charge in [-0.2, -0.15) is 0 Å². The fourth-order valence-corrected chi connectivity index (χ4v) is 3.74. The number of thioether (sulfide) groups is 1. The Balaban J connectivity index is 1.79. The fourth-order valence-electron chi connectivity index (χ4n) is 3.06. The molecule has 1 aliphatic heterocycles. The van der Waals surface area contributed by atoms with Gasteiger partial charge >= 0.3 is 5.97 Å². The van der Waals surface area contributed by atoms with Gasteiger partial charge in [-0.25, -0.2) is 9.78 Å². The van der Waals surface area contributed by atoms with E-state index in [0.717, 1.165) is 0 Å². The lowest BCUT2D eigenvalue weighted by Crippen LogP contribution is -2.18. The summed E-state index contributed by atoms with van der Waals surface area (Å²) in [6.07, 6.45) is 1.82. The summed E-state index contributed by atoms with van der Waals surface area (Å²) in [6, 6.07) is 11.7.